The summed E-state index contributed by atoms with van der Waals surface area (Å²) in [5.74, 6) is -0.155. The van der Waals surface area contributed by atoms with E-state index in [1.165, 1.54) is 7.11 Å². The van der Waals surface area contributed by atoms with Crippen molar-refractivity contribution >= 4 is 29.2 Å². The number of esters is 1. The molecule has 0 fully saturated rings. The second-order valence-corrected chi connectivity index (χ2v) is 5.62. The molecule has 0 spiro atoms. The molecule has 0 heterocycles. The van der Waals surface area contributed by atoms with E-state index in [0.717, 1.165) is 44.9 Å². The highest BCUT2D eigenvalue weighted by atomic mass is 35.5. The van der Waals surface area contributed by atoms with Crippen LogP contribution in [0.2, 0.25) is 0 Å². The lowest BCUT2D eigenvalue weighted by Crippen LogP contribution is -2.05. The zero-order valence-corrected chi connectivity index (χ0v) is 12.4. The fraction of sp³-hybridized carbons (Fsp3) is 0.923. The summed E-state index contributed by atoms with van der Waals surface area (Å²) in [4.78, 5) is 10.9. The van der Waals surface area contributed by atoms with Gasteiger partial charge in [-0.1, -0.05) is 19.8 Å². The molecule has 4 heteroatoms. The van der Waals surface area contributed by atoms with Gasteiger partial charge in [-0.15, -0.1) is 23.2 Å². The molecule has 0 aromatic carbocycles. The van der Waals surface area contributed by atoms with Crippen LogP contribution in [0.1, 0.15) is 58.3 Å². The molecule has 0 aliphatic carbocycles. The Kier molecular flexibility index (Phi) is 11.2. The maximum Gasteiger partial charge on any atom is 0.305 e. The van der Waals surface area contributed by atoms with Crippen LogP contribution in [0.25, 0.3) is 0 Å². The summed E-state index contributed by atoms with van der Waals surface area (Å²) in [7, 11) is 1.41. The highest BCUT2D eigenvalue weighted by Crippen LogP contribution is 2.19. The summed E-state index contributed by atoms with van der Waals surface area (Å²) >= 11 is 12.3. The first-order valence-electron chi connectivity index (χ1n) is 6.45. The molecule has 0 aliphatic rings. The molecule has 0 amide bonds. The van der Waals surface area contributed by atoms with Gasteiger partial charge in [0.05, 0.1) is 7.11 Å². The van der Waals surface area contributed by atoms with Gasteiger partial charge in [-0.2, -0.15) is 0 Å². The van der Waals surface area contributed by atoms with Crippen molar-refractivity contribution < 1.29 is 9.53 Å². The van der Waals surface area contributed by atoms with Crippen LogP contribution in [0.5, 0.6) is 0 Å². The van der Waals surface area contributed by atoms with Crippen LogP contribution in [0.4, 0.5) is 0 Å². The van der Waals surface area contributed by atoms with Gasteiger partial charge < -0.3 is 4.74 Å². The molecule has 17 heavy (non-hydrogen) atoms. The maximum absolute atomic E-state index is 10.9. The van der Waals surface area contributed by atoms with Gasteiger partial charge in [0.15, 0.2) is 0 Å². The highest BCUT2D eigenvalue weighted by Gasteiger charge is 2.09. The third-order valence-corrected chi connectivity index (χ3v) is 3.64. The Hall–Kier alpha value is 0.0500. The molecule has 0 saturated heterocycles. The number of alkyl halides is 2. The van der Waals surface area contributed by atoms with E-state index in [0.29, 0.717) is 11.8 Å². The van der Waals surface area contributed by atoms with Crippen molar-refractivity contribution in [2.75, 3.05) is 7.11 Å². The summed E-state index contributed by atoms with van der Waals surface area (Å²) in [6.07, 6.45) is 7.45. The summed E-state index contributed by atoms with van der Waals surface area (Å²) in [5.41, 5.74) is 0. The summed E-state index contributed by atoms with van der Waals surface area (Å²) in [6.45, 7) is 2.15. The maximum atomic E-state index is 10.9. The average Bonchev–Trinajstić information content (AvgIpc) is 2.29. The Balaban J connectivity index is 3.40. The van der Waals surface area contributed by atoms with Gasteiger partial charge in [-0.05, 0) is 32.1 Å². The van der Waals surface area contributed by atoms with Gasteiger partial charge in [0.1, 0.15) is 0 Å². The van der Waals surface area contributed by atoms with Crippen molar-refractivity contribution in [1.82, 2.24) is 0 Å². The molecule has 0 aliphatic heterocycles. The predicted octanol–water partition coefficient (Wildman–Crippen LogP) is 4.51. The fourth-order valence-corrected chi connectivity index (χ4v) is 2.41. The summed E-state index contributed by atoms with van der Waals surface area (Å²) in [5, 5.41) is 0.448. The van der Waals surface area contributed by atoms with E-state index in [-0.39, 0.29) is 11.3 Å². The van der Waals surface area contributed by atoms with E-state index < -0.39 is 0 Å². The molecule has 0 bridgehead atoms. The van der Waals surface area contributed by atoms with Crippen LogP contribution in [0.15, 0.2) is 0 Å². The Morgan fingerprint density at radius 2 is 1.59 bits per heavy atom. The highest BCUT2D eigenvalue weighted by molar-refractivity contribution is 6.21. The molecule has 0 aromatic heterocycles. The number of rotatable bonds is 10. The molecule has 0 rings (SSSR count). The number of methoxy groups -OCH3 is 1. The molecule has 0 aromatic rings. The number of hydrogen-bond donors (Lipinski definition) is 0. The molecule has 102 valence electrons. The van der Waals surface area contributed by atoms with Gasteiger partial charge in [-0.3, -0.25) is 4.79 Å². The zero-order valence-electron chi connectivity index (χ0n) is 10.9. The Morgan fingerprint density at radius 1 is 1.06 bits per heavy atom. The molecular weight excluding hydrogens is 259 g/mol. The lowest BCUT2D eigenvalue weighted by atomic mass is 10.1. The molecule has 0 saturated carbocycles. The smallest absolute Gasteiger partial charge is 0.305 e. The van der Waals surface area contributed by atoms with Crippen LogP contribution in [-0.4, -0.2) is 23.8 Å². The molecule has 0 N–H and O–H groups in total. The van der Waals surface area contributed by atoms with Crippen LogP contribution < -0.4 is 0 Å². The van der Waals surface area contributed by atoms with E-state index in [9.17, 15) is 4.79 Å². The van der Waals surface area contributed by atoms with Crippen molar-refractivity contribution in [3.63, 3.8) is 0 Å². The lowest BCUT2D eigenvalue weighted by molar-refractivity contribution is -0.140. The normalized spacial score (nSPS) is 14.4. The second-order valence-electron chi connectivity index (χ2n) is 4.38. The topological polar surface area (TPSA) is 26.3 Å². The first-order chi connectivity index (χ1) is 8.10. The predicted molar refractivity (Wildman–Crippen MR) is 73.9 cm³/mol. The summed E-state index contributed by atoms with van der Waals surface area (Å²) < 4.78 is 4.57. The van der Waals surface area contributed by atoms with Crippen molar-refractivity contribution in [3.05, 3.63) is 0 Å². The van der Waals surface area contributed by atoms with E-state index in [1.54, 1.807) is 0 Å². The SMILES string of the molecule is CCCC(Cl)CCCC(Cl)CCCC(=O)OC. The monoisotopic (exact) mass is 282 g/mol. The number of hydrogen-bond acceptors (Lipinski definition) is 2. The number of ether oxygens (including phenoxy) is 1. The molecule has 2 atom stereocenters. The van der Waals surface area contributed by atoms with Gasteiger partial charge in [0.2, 0.25) is 0 Å². The van der Waals surface area contributed by atoms with Gasteiger partial charge in [0.25, 0.3) is 0 Å². The van der Waals surface area contributed by atoms with Crippen molar-refractivity contribution in [3.8, 4) is 0 Å². The standard InChI is InChI=1S/C13H24Cl2O2/c1-3-6-11(14)7-4-8-12(15)9-5-10-13(16)17-2/h11-12H,3-10H2,1-2H3. The number of halogens is 2. The lowest BCUT2D eigenvalue weighted by Gasteiger charge is -2.11. The van der Waals surface area contributed by atoms with E-state index in [2.05, 4.69) is 11.7 Å². The summed E-state index contributed by atoms with van der Waals surface area (Å²) in [6, 6.07) is 0. The average molecular weight is 283 g/mol. The van der Waals surface area contributed by atoms with Gasteiger partial charge >= 0.3 is 5.97 Å². The van der Waals surface area contributed by atoms with Crippen LogP contribution >= 0.6 is 23.2 Å². The minimum atomic E-state index is -0.155. The van der Waals surface area contributed by atoms with Crippen LogP contribution in [0, 0.1) is 0 Å². The number of carbonyl (C=O) groups excluding carboxylic acids is 1. The zero-order chi connectivity index (χ0) is 13.1. The third kappa shape index (κ3) is 10.9. The Labute approximate surface area is 115 Å². The van der Waals surface area contributed by atoms with E-state index in [4.69, 9.17) is 23.2 Å². The van der Waals surface area contributed by atoms with Crippen molar-refractivity contribution in [1.29, 1.82) is 0 Å². The molecule has 2 unspecified atom stereocenters. The quantitative estimate of drug-likeness (QED) is 0.435. The third-order valence-electron chi connectivity index (χ3n) is 2.76. The van der Waals surface area contributed by atoms with Gasteiger partial charge in [0, 0.05) is 17.2 Å². The minimum Gasteiger partial charge on any atom is -0.469 e. The van der Waals surface area contributed by atoms with Crippen LogP contribution in [-0.2, 0) is 9.53 Å². The fourth-order valence-electron chi connectivity index (χ4n) is 1.73. The Morgan fingerprint density at radius 3 is 2.12 bits per heavy atom. The Bertz CT molecular complexity index is 198. The first-order valence-corrected chi connectivity index (χ1v) is 7.32. The second kappa shape index (κ2) is 11.2. The van der Waals surface area contributed by atoms with Crippen molar-refractivity contribution in [2.24, 2.45) is 0 Å². The molecule has 0 radical (unpaired) electrons. The van der Waals surface area contributed by atoms with E-state index >= 15 is 0 Å². The number of carbonyl (C=O) groups is 1. The minimum absolute atomic E-state index is 0.155. The largest absolute Gasteiger partial charge is 0.469 e. The first kappa shape index (κ1) is 17.1. The van der Waals surface area contributed by atoms with Crippen LogP contribution in [0.3, 0.4) is 0 Å². The molecular formula is C13H24Cl2O2. The van der Waals surface area contributed by atoms with Gasteiger partial charge in [-0.25, -0.2) is 0 Å². The van der Waals surface area contributed by atoms with Crippen molar-refractivity contribution in [2.45, 2.75) is 69.0 Å². The molecule has 2 nitrogen and oxygen atoms in total. The van der Waals surface area contributed by atoms with E-state index in [1.807, 2.05) is 0 Å².